The summed E-state index contributed by atoms with van der Waals surface area (Å²) in [6.45, 7) is 0. The van der Waals surface area contributed by atoms with E-state index in [0.717, 1.165) is 17.6 Å². The van der Waals surface area contributed by atoms with Crippen molar-refractivity contribution in [3.8, 4) is 6.07 Å². The van der Waals surface area contributed by atoms with Crippen molar-refractivity contribution in [3.05, 3.63) is 41.0 Å². The third kappa shape index (κ3) is 1.57. The van der Waals surface area contributed by atoms with Gasteiger partial charge >= 0.3 is 0 Å². The molecule has 0 aliphatic heterocycles. The van der Waals surface area contributed by atoms with Gasteiger partial charge in [0.1, 0.15) is 0 Å². The second-order valence-corrected chi connectivity index (χ2v) is 3.33. The van der Waals surface area contributed by atoms with Crippen LogP contribution in [0.25, 0.3) is 6.08 Å². The van der Waals surface area contributed by atoms with E-state index < -0.39 is 0 Å². The van der Waals surface area contributed by atoms with E-state index in [4.69, 9.17) is 5.26 Å². The first kappa shape index (κ1) is 8.71. The molecule has 2 nitrogen and oxygen atoms in total. The Morgan fingerprint density at radius 2 is 1.93 bits per heavy atom. The highest BCUT2D eigenvalue weighted by atomic mass is 16.1. The number of Topliss-reactive ketones (excluding diaryl/α,β-unsaturated/α-hetero) is 1. The Morgan fingerprint density at radius 3 is 2.36 bits per heavy atom. The molecule has 0 atom stereocenters. The minimum Gasteiger partial charge on any atom is -0.295 e. The summed E-state index contributed by atoms with van der Waals surface area (Å²) in [6.07, 6.45) is 3.47. The van der Waals surface area contributed by atoms with Gasteiger partial charge in [0.15, 0.2) is 5.78 Å². The largest absolute Gasteiger partial charge is 0.295 e. The molecule has 1 aromatic rings. The highest BCUT2D eigenvalue weighted by molar-refractivity contribution is 6.05. The van der Waals surface area contributed by atoms with Crippen LogP contribution in [0.2, 0.25) is 0 Å². The maximum absolute atomic E-state index is 11.0. The lowest BCUT2D eigenvalue weighted by Gasteiger charge is -2.14. The average Bonchev–Trinajstić information content (AvgIpc) is 2.24. The molecular formula is C12H9NO. The molecule has 2 heteroatoms. The average molecular weight is 183 g/mol. The number of nitriles is 1. The SMILES string of the molecule is N#Cc1ccc(/C=C2/CCC2=O)cc1. The van der Waals surface area contributed by atoms with Crippen LogP contribution in [0.4, 0.5) is 0 Å². The second-order valence-electron chi connectivity index (χ2n) is 3.33. The lowest BCUT2D eigenvalue weighted by Crippen LogP contribution is -2.13. The van der Waals surface area contributed by atoms with Crippen molar-refractivity contribution in [1.82, 2.24) is 0 Å². The fourth-order valence-corrected chi connectivity index (χ4v) is 1.38. The molecule has 1 aromatic carbocycles. The first-order valence-corrected chi connectivity index (χ1v) is 4.53. The molecule has 0 saturated heterocycles. The summed E-state index contributed by atoms with van der Waals surface area (Å²) in [7, 11) is 0. The Hall–Kier alpha value is -1.88. The number of nitrogens with zero attached hydrogens (tertiary/aromatic N) is 1. The molecule has 0 bridgehead atoms. The summed E-state index contributed by atoms with van der Waals surface area (Å²) in [5, 5.41) is 8.59. The Morgan fingerprint density at radius 1 is 1.21 bits per heavy atom. The Balaban J connectivity index is 2.23. The molecule has 1 fully saturated rings. The van der Waals surface area contributed by atoms with E-state index >= 15 is 0 Å². The summed E-state index contributed by atoms with van der Waals surface area (Å²) in [6, 6.07) is 9.29. The number of ketones is 1. The number of hydrogen-bond acceptors (Lipinski definition) is 2. The van der Waals surface area contributed by atoms with E-state index in [2.05, 4.69) is 6.07 Å². The molecule has 0 N–H and O–H groups in total. The van der Waals surface area contributed by atoms with E-state index in [0.29, 0.717) is 12.0 Å². The molecule has 0 unspecified atom stereocenters. The molecular weight excluding hydrogens is 174 g/mol. The fraction of sp³-hybridized carbons (Fsp3) is 0.167. The molecule has 0 heterocycles. The Kier molecular flexibility index (Phi) is 2.16. The molecule has 0 amide bonds. The van der Waals surface area contributed by atoms with E-state index in [1.54, 1.807) is 12.1 Å². The lowest BCUT2D eigenvalue weighted by molar-refractivity contribution is -0.118. The minimum absolute atomic E-state index is 0.245. The summed E-state index contributed by atoms with van der Waals surface area (Å²) in [4.78, 5) is 11.0. The molecule has 0 aromatic heterocycles. The van der Waals surface area contributed by atoms with Gasteiger partial charge in [-0.3, -0.25) is 4.79 Å². The van der Waals surface area contributed by atoms with Gasteiger partial charge in [0.2, 0.25) is 0 Å². The van der Waals surface area contributed by atoms with Gasteiger partial charge in [-0.1, -0.05) is 12.1 Å². The van der Waals surface area contributed by atoms with Gasteiger partial charge in [0.25, 0.3) is 0 Å². The van der Waals surface area contributed by atoms with Crippen LogP contribution in [0.15, 0.2) is 29.8 Å². The van der Waals surface area contributed by atoms with Crippen LogP contribution in [0.3, 0.4) is 0 Å². The van der Waals surface area contributed by atoms with Crippen LogP contribution in [0.5, 0.6) is 0 Å². The first-order valence-electron chi connectivity index (χ1n) is 4.53. The third-order valence-electron chi connectivity index (χ3n) is 2.36. The van der Waals surface area contributed by atoms with Crippen molar-refractivity contribution in [2.75, 3.05) is 0 Å². The van der Waals surface area contributed by atoms with E-state index in [9.17, 15) is 4.79 Å². The zero-order valence-electron chi connectivity index (χ0n) is 7.66. The van der Waals surface area contributed by atoms with Crippen molar-refractivity contribution in [2.24, 2.45) is 0 Å². The van der Waals surface area contributed by atoms with Crippen LogP contribution < -0.4 is 0 Å². The normalized spacial score (nSPS) is 17.6. The summed E-state index contributed by atoms with van der Waals surface area (Å²) < 4.78 is 0. The number of carbonyl (C=O) groups excluding carboxylic acids is 1. The number of hydrogen-bond donors (Lipinski definition) is 0. The van der Waals surface area contributed by atoms with Crippen LogP contribution in [0, 0.1) is 11.3 Å². The van der Waals surface area contributed by atoms with E-state index in [1.165, 1.54) is 0 Å². The van der Waals surface area contributed by atoms with Gasteiger partial charge in [0.05, 0.1) is 11.6 Å². The number of rotatable bonds is 1. The molecule has 0 radical (unpaired) electrons. The van der Waals surface area contributed by atoms with Crippen molar-refractivity contribution in [1.29, 1.82) is 5.26 Å². The minimum atomic E-state index is 0.245. The predicted octanol–water partition coefficient (Wildman–Crippen LogP) is 2.30. The molecule has 0 spiro atoms. The zero-order valence-corrected chi connectivity index (χ0v) is 7.66. The molecule has 2 rings (SSSR count). The second kappa shape index (κ2) is 3.47. The van der Waals surface area contributed by atoms with Gasteiger partial charge in [-0.25, -0.2) is 0 Å². The van der Waals surface area contributed by atoms with Crippen LogP contribution in [0.1, 0.15) is 24.0 Å². The standard InChI is InChI=1S/C12H9NO/c13-8-10-3-1-9(2-4-10)7-11-5-6-12(11)14/h1-4,7H,5-6H2/b11-7-. The van der Waals surface area contributed by atoms with Gasteiger partial charge in [-0.2, -0.15) is 5.26 Å². The van der Waals surface area contributed by atoms with Gasteiger partial charge in [0, 0.05) is 6.42 Å². The highest BCUT2D eigenvalue weighted by Crippen LogP contribution is 2.23. The molecule has 1 aliphatic carbocycles. The van der Waals surface area contributed by atoms with E-state index in [1.807, 2.05) is 18.2 Å². The van der Waals surface area contributed by atoms with Crippen molar-refractivity contribution in [2.45, 2.75) is 12.8 Å². The summed E-state index contributed by atoms with van der Waals surface area (Å²) in [5.74, 6) is 0.245. The number of benzene rings is 1. The topological polar surface area (TPSA) is 40.9 Å². The zero-order chi connectivity index (χ0) is 9.97. The lowest BCUT2D eigenvalue weighted by atomic mass is 9.89. The maximum atomic E-state index is 11.0. The Bertz CT molecular complexity index is 434. The van der Waals surface area contributed by atoms with Crippen molar-refractivity contribution >= 4 is 11.9 Å². The molecule has 68 valence electrons. The maximum Gasteiger partial charge on any atom is 0.159 e. The van der Waals surface area contributed by atoms with Crippen LogP contribution in [-0.4, -0.2) is 5.78 Å². The Labute approximate surface area is 82.5 Å². The van der Waals surface area contributed by atoms with Gasteiger partial charge in [-0.15, -0.1) is 0 Å². The molecule has 14 heavy (non-hydrogen) atoms. The van der Waals surface area contributed by atoms with Crippen LogP contribution in [-0.2, 0) is 4.79 Å². The highest BCUT2D eigenvalue weighted by Gasteiger charge is 2.19. The molecule has 1 saturated carbocycles. The number of carbonyl (C=O) groups is 1. The van der Waals surface area contributed by atoms with Gasteiger partial charge < -0.3 is 0 Å². The predicted molar refractivity (Wildman–Crippen MR) is 53.4 cm³/mol. The first-order chi connectivity index (χ1) is 6.79. The third-order valence-corrected chi connectivity index (χ3v) is 2.36. The van der Waals surface area contributed by atoms with Crippen molar-refractivity contribution in [3.63, 3.8) is 0 Å². The van der Waals surface area contributed by atoms with Gasteiger partial charge in [-0.05, 0) is 35.8 Å². The molecule has 1 aliphatic rings. The van der Waals surface area contributed by atoms with Crippen molar-refractivity contribution < 1.29 is 4.79 Å². The summed E-state index contributed by atoms with van der Waals surface area (Å²) in [5.41, 5.74) is 2.54. The quantitative estimate of drug-likeness (QED) is 0.627. The van der Waals surface area contributed by atoms with E-state index in [-0.39, 0.29) is 5.78 Å². The fourth-order valence-electron chi connectivity index (χ4n) is 1.38. The van der Waals surface area contributed by atoms with Crippen LogP contribution >= 0.6 is 0 Å². The number of allylic oxidation sites excluding steroid dienone is 1. The smallest absolute Gasteiger partial charge is 0.159 e. The summed E-state index contributed by atoms with van der Waals surface area (Å²) >= 11 is 0. The monoisotopic (exact) mass is 183 g/mol.